The molecule has 0 saturated carbocycles. The van der Waals surface area contributed by atoms with Crippen LogP contribution in [0, 0.1) is 0 Å². The fourth-order valence-corrected chi connectivity index (χ4v) is 1.74. The summed E-state index contributed by atoms with van der Waals surface area (Å²) >= 11 is 0. The quantitative estimate of drug-likeness (QED) is 0.729. The Labute approximate surface area is 106 Å². The Morgan fingerprint density at radius 2 is 1.67 bits per heavy atom. The summed E-state index contributed by atoms with van der Waals surface area (Å²) < 4.78 is 37.0. The lowest BCUT2D eigenvalue weighted by molar-refractivity contribution is -0.137. The summed E-state index contributed by atoms with van der Waals surface area (Å²) in [6.07, 6.45) is -0.212. The smallest absolute Gasteiger partial charge is 0.317 e. The molecule has 102 valence electrons. The topological polar surface area (TPSA) is 12.0 Å². The molecule has 1 aromatic rings. The average Bonchev–Trinajstić information content (AvgIpc) is 2.33. The number of nitrogens with one attached hydrogen (secondary N) is 1. The van der Waals surface area contributed by atoms with Crippen LogP contribution in [-0.4, -0.2) is 13.1 Å². The van der Waals surface area contributed by atoms with Crippen molar-refractivity contribution in [3.63, 3.8) is 0 Å². The minimum absolute atomic E-state index is 0.573. The van der Waals surface area contributed by atoms with Crippen molar-refractivity contribution in [1.82, 2.24) is 5.32 Å². The molecular formula is C14H20F3N. The molecule has 0 heterocycles. The van der Waals surface area contributed by atoms with Gasteiger partial charge in [0.05, 0.1) is 5.56 Å². The summed E-state index contributed by atoms with van der Waals surface area (Å²) in [5.74, 6) is 0. The van der Waals surface area contributed by atoms with Crippen LogP contribution in [0.25, 0.3) is 0 Å². The fourth-order valence-electron chi connectivity index (χ4n) is 1.74. The lowest BCUT2D eigenvalue weighted by Gasteiger charge is -2.07. The second kappa shape index (κ2) is 7.41. The summed E-state index contributed by atoms with van der Waals surface area (Å²) in [7, 11) is 0. The van der Waals surface area contributed by atoms with Crippen molar-refractivity contribution in [3.05, 3.63) is 35.4 Å². The van der Waals surface area contributed by atoms with Crippen LogP contribution in [-0.2, 0) is 12.6 Å². The maximum Gasteiger partial charge on any atom is 0.416 e. The van der Waals surface area contributed by atoms with Crippen LogP contribution in [0.5, 0.6) is 0 Å². The predicted octanol–water partition coefficient (Wildman–Crippen LogP) is 4.03. The van der Waals surface area contributed by atoms with Crippen molar-refractivity contribution in [1.29, 1.82) is 0 Å². The summed E-state index contributed by atoms with van der Waals surface area (Å²) in [5, 5.41) is 3.30. The molecule has 0 saturated heterocycles. The number of alkyl halides is 3. The lowest BCUT2D eigenvalue weighted by atomic mass is 10.1. The number of benzene rings is 1. The van der Waals surface area contributed by atoms with E-state index in [1.807, 2.05) is 0 Å². The highest BCUT2D eigenvalue weighted by Gasteiger charge is 2.29. The van der Waals surface area contributed by atoms with E-state index < -0.39 is 11.7 Å². The molecular weight excluding hydrogens is 239 g/mol. The Hall–Kier alpha value is -1.03. The van der Waals surface area contributed by atoms with E-state index in [0.717, 1.165) is 56.5 Å². The van der Waals surface area contributed by atoms with Crippen molar-refractivity contribution in [2.45, 2.75) is 38.8 Å². The SMILES string of the molecule is CCCNCCCCc1ccc(C(F)(F)F)cc1. The number of rotatable bonds is 7. The highest BCUT2D eigenvalue weighted by atomic mass is 19.4. The normalized spacial score (nSPS) is 11.8. The van der Waals surface area contributed by atoms with Gasteiger partial charge in [0.1, 0.15) is 0 Å². The summed E-state index contributed by atoms with van der Waals surface area (Å²) in [4.78, 5) is 0. The van der Waals surface area contributed by atoms with Crippen molar-refractivity contribution in [2.75, 3.05) is 13.1 Å². The molecule has 0 amide bonds. The van der Waals surface area contributed by atoms with Gasteiger partial charge in [-0.05, 0) is 56.5 Å². The molecule has 1 rings (SSSR count). The first-order chi connectivity index (χ1) is 8.54. The zero-order valence-electron chi connectivity index (χ0n) is 10.7. The molecule has 0 aliphatic heterocycles. The van der Waals surface area contributed by atoms with Gasteiger partial charge in [0.15, 0.2) is 0 Å². The van der Waals surface area contributed by atoms with Gasteiger partial charge in [-0.1, -0.05) is 19.1 Å². The lowest BCUT2D eigenvalue weighted by Crippen LogP contribution is -2.15. The minimum atomic E-state index is -4.23. The first-order valence-electron chi connectivity index (χ1n) is 6.41. The molecule has 0 bridgehead atoms. The van der Waals surface area contributed by atoms with E-state index >= 15 is 0 Å². The standard InChI is InChI=1S/C14H20F3N/c1-2-10-18-11-4-3-5-12-6-8-13(9-7-12)14(15,16)17/h6-9,18H,2-5,10-11H2,1H3. The van der Waals surface area contributed by atoms with E-state index in [4.69, 9.17) is 0 Å². The van der Waals surface area contributed by atoms with Crippen molar-refractivity contribution >= 4 is 0 Å². The van der Waals surface area contributed by atoms with E-state index in [2.05, 4.69) is 12.2 Å². The molecule has 1 N–H and O–H groups in total. The molecule has 0 fully saturated rings. The van der Waals surface area contributed by atoms with Gasteiger partial charge in [-0.2, -0.15) is 13.2 Å². The maximum atomic E-state index is 12.3. The first-order valence-corrected chi connectivity index (χ1v) is 6.41. The third-order valence-corrected chi connectivity index (χ3v) is 2.78. The number of aryl methyl sites for hydroxylation is 1. The second-order valence-electron chi connectivity index (χ2n) is 4.40. The summed E-state index contributed by atoms with van der Waals surface area (Å²) in [6, 6.07) is 5.46. The zero-order chi connectivity index (χ0) is 13.4. The summed E-state index contributed by atoms with van der Waals surface area (Å²) in [6.45, 7) is 4.13. The molecule has 18 heavy (non-hydrogen) atoms. The van der Waals surface area contributed by atoms with Gasteiger partial charge in [0, 0.05) is 0 Å². The first kappa shape index (κ1) is 15.0. The largest absolute Gasteiger partial charge is 0.416 e. The monoisotopic (exact) mass is 259 g/mol. The molecule has 1 aromatic carbocycles. The molecule has 0 aliphatic rings. The van der Waals surface area contributed by atoms with E-state index in [0.29, 0.717) is 0 Å². The molecule has 0 unspecified atom stereocenters. The van der Waals surface area contributed by atoms with Crippen LogP contribution >= 0.6 is 0 Å². The van der Waals surface area contributed by atoms with Crippen molar-refractivity contribution < 1.29 is 13.2 Å². The summed E-state index contributed by atoms with van der Waals surface area (Å²) in [5.41, 5.74) is 0.398. The predicted molar refractivity (Wildman–Crippen MR) is 67.5 cm³/mol. The maximum absolute atomic E-state index is 12.3. The Kier molecular flexibility index (Phi) is 6.19. The van der Waals surface area contributed by atoms with Crippen LogP contribution in [0.4, 0.5) is 13.2 Å². The molecule has 0 radical (unpaired) electrons. The van der Waals surface area contributed by atoms with Gasteiger partial charge in [0.2, 0.25) is 0 Å². The van der Waals surface area contributed by atoms with E-state index in [1.54, 1.807) is 12.1 Å². The number of hydrogen-bond donors (Lipinski definition) is 1. The van der Waals surface area contributed by atoms with Gasteiger partial charge in [-0.15, -0.1) is 0 Å². The van der Waals surface area contributed by atoms with Crippen LogP contribution in [0.3, 0.4) is 0 Å². The third-order valence-electron chi connectivity index (χ3n) is 2.78. The molecule has 0 atom stereocenters. The highest BCUT2D eigenvalue weighted by Crippen LogP contribution is 2.29. The minimum Gasteiger partial charge on any atom is -0.317 e. The molecule has 0 spiro atoms. The van der Waals surface area contributed by atoms with Crippen LogP contribution in [0.2, 0.25) is 0 Å². The van der Waals surface area contributed by atoms with E-state index in [9.17, 15) is 13.2 Å². The number of halogens is 3. The molecule has 0 aromatic heterocycles. The van der Waals surface area contributed by atoms with Gasteiger partial charge >= 0.3 is 6.18 Å². The van der Waals surface area contributed by atoms with E-state index in [1.165, 1.54) is 0 Å². The Balaban J connectivity index is 2.27. The van der Waals surface area contributed by atoms with Gasteiger partial charge < -0.3 is 5.32 Å². The molecule has 0 aliphatic carbocycles. The fraction of sp³-hybridized carbons (Fsp3) is 0.571. The number of hydrogen-bond acceptors (Lipinski definition) is 1. The van der Waals surface area contributed by atoms with Crippen LogP contribution < -0.4 is 5.32 Å². The van der Waals surface area contributed by atoms with Gasteiger partial charge in [0.25, 0.3) is 0 Å². The zero-order valence-corrected chi connectivity index (χ0v) is 10.7. The Bertz CT molecular complexity index is 330. The van der Waals surface area contributed by atoms with Gasteiger partial charge in [-0.3, -0.25) is 0 Å². The van der Waals surface area contributed by atoms with Crippen LogP contribution in [0.15, 0.2) is 24.3 Å². The van der Waals surface area contributed by atoms with Gasteiger partial charge in [-0.25, -0.2) is 0 Å². The van der Waals surface area contributed by atoms with Crippen molar-refractivity contribution in [2.24, 2.45) is 0 Å². The number of unbranched alkanes of at least 4 members (excludes halogenated alkanes) is 1. The van der Waals surface area contributed by atoms with Crippen LogP contribution in [0.1, 0.15) is 37.3 Å². The Morgan fingerprint density at radius 3 is 2.22 bits per heavy atom. The Morgan fingerprint density at radius 1 is 1.00 bits per heavy atom. The second-order valence-corrected chi connectivity index (χ2v) is 4.40. The molecule has 4 heteroatoms. The highest BCUT2D eigenvalue weighted by molar-refractivity contribution is 5.24. The third kappa shape index (κ3) is 5.54. The van der Waals surface area contributed by atoms with E-state index in [-0.39, 0.29) is 0 Å². The average molecular weight is 259 g/mol. The molecule has 1 nitrogen and oxygen atoms in total. The van der Waals surface area contributed by atoms with Crippen molar-refractivity contribution in [3.8, 4) is 0 Å².